The van der Waals surface area contributed by atoms with Crippen LogP contribution in [0.5, 0.6) is 0 Å². The largest absolute Gasteiger partial charge is 0.396 e. The van der Waals surface area contributed by atoms with Crippen LogP contribution >= 0.6 is 0 Å². The van der Waals surface area contributed by atoms with Crippen molar-refractivity contribution in [2.45, 2.75) is 105 Å². The second kappa shape index (κ2) is 12.2. The van der Waals surface area contributed by atoms with Gasteiger partial charge in [0.15, 0.2) is 0 Å². The molecule has 6 heteroatoms. The van der Waals surface area contributed by atoms with Gasteiger partial charge >= 0.3 is 0 Å². The first-order valence-corrected chi connectivity index (χ1v) is 19.0. The second-order valence-corrected chi connectivity index (χ2v) is 19.2. The average molecular weight is 723 g/mol. The molecule has 0 amide bonds. The molecule has 0 saturated carbocycles. The van der Waals surface area contributed by atoms with Gasteiger partial charge in [-0.05, 0) is 92.4 Å². The van der Waals surface area contributed by atoms with Gasteiger partial charge in [0.2, 0.25) is 0 Å². The highest BCUT2D eigenvalue weighted by atomic mass is 15.0. The van der Waals surface area contributed by atoms with Crippen molar-refractivity contribution >= 4 is 49.3 Å². The van der Waals surface area contributed by atoms with Crippen molar-refractivity contribution < 1.29 is 0 Å². The molecule has 5 aromatic carbocycles. The van der Waals surface area contributed by atoms with Crippen molar-refractivity contribution in [3.05, 3.63) is 112 Å². The third kappa shape index (κ3) is 5.82. The van der Waals surface area contributed by atoms with E-state index in [2.05, 4.69) is 174 Å². The molecule has 0 fully saturated rings. The first kappa shape index (κ1) is 37.3. The lowest BCUT2D eigenvalue weighted by Gasteiger charge is -2.22. The van der Waals surface area contributed by atoms with Gasteiger partial charge in [0.05, 0.1) is 39.1 Å². The van der Waals surface area contributed by atoms with Gasteiger partial charge in [-0.2, -0.15) is 15.8 Å². The number of benzene rings is 5. The highest BCUT2D eigenvalue weighted by Crippen LogP contribution is 2.45. The van der Waals surface area contributed by atoms with Gasteiger partial charge in [0.1, 0.15) is 34.9 Å². The van der Waals surface area contributed by atoms with E-state index in [1.807, 2.05) is 9.13 Å². The molecule has 0 aliphatic rings. The SMILES string of the molecule is CC(C)(C)c1ccc2c(c1)c1cc(C(C)(C)C)ccc1n2-c1c(C#N)c(N)c(C#N)c(-n2c3ccc(C(C)(C)C)cc3c3cc(C(C)(C)C)ccc32)c1C#N. The lowest BCUT2D eigenvalue weighted by atomic mass is 9.85. The molecular weight excluding hydrogens is 673 g/mol. The Morgan fingerprint density at radius 1 is 0.400 bits per heavy atom. The molecule has 6 nitrogen and oxygen atoms in total. The van der Waals surface area contributed by atoms with Gasteiger partial charge in [-0.25, -0.2) is 0 Å². The number of nitrogens with two attached hydrogens (primary N) is 1. The summed E-state index contributed by atoms with van der Waals surface area (Å²) in [7, 11) is 0. The van der Waals surface area contributed by atoms with Crippen LogP contribution in [0.3, 0.4) is 0 Å². The lowest BCUT2D eigenvalue weighted by molar-refractivity contribution is 0.590. The quantitative estimate of drug-likeness (QED) is 0.179. The van der Waals surface area contributed by atoms with E-state index < -0.39 is 0 Å². The summed E-state index contributed by atoms with van der Waals surface area (Å²) in [5.74, 6) is 0. The van der Waals surface area contributed by atoms with E-state index in [1.165, 1.54) is 22.3 Å². The van der Waals surface area contributed by atoms with Crippen LogP contribution in [0.2, 0.25) is 0 Å². The third-order valence-corrected chi connectivity index (χ3v) is 11.3. The number of hydrogen-bond acceptors (Lipinski definition) is 4. The zero-order valence-corrected chi connectivity index (χ0v) is 34.2. The number of fused-ring (bicyclic) bond motifs is 6. The number of nitrogens with zero attached hydrogens (tertiary/aromatic N) is 5. The molecule has 55 heavy (non-hydrogen) atoms. The molecule has 2 heterocycles. The Hall–Kier alpha value is -6.03. The number of hydrogen-bond donors (Lipinski definition) is 1. The predicted molar refractivity (Wildman–Crippen MR) is 228 cm³/mol. The van der Waals surface area contributed by atoms with Gasteiger partial charge in [-0.15, -0.1) is 0 Å². The summed E-state index contributed by atoms with van der Waals surface area (Å²) >= 11 is 0. The molecule has 0 radical (unpaired) electrons. The molecule has 0 bridgehead atoms. The Labute approximate surface area is 325 Å². The summed E-state index contributed by atoms with van der Waals surface area (Å²) < 4.78 is 4.04. The van der Waals surface area contributed by atoms with E-state index in [-0.39, 0.29) is 44.0 Å². The fourth-order valence-electron chi connectivity index (χ4n) is 7.92. The summed E-state index contributed by atoms with van der Waals surface area (Å²) in [5, 5.41) is 37.3. The van der Waals surface area contributed by atoms with Crippen LogP contribution in [0.4, 0.5) is 5.69 Å². The smallest absolute Gasteiger partial charge is 0.104 e. The van der Waals surface area contributed by atoms with Crippen LogP contribution in [0.25, 0.3) is 55.0 Å². The van der Waals surface area contributed by atoms with Crippen LogP contribution < -0.4 is 5.73 Å². The minimum Gasteiger partial charge on any atom is -0.396 e. The summed E-state index contributed by atoms with van der Waals surface area (Å²) in [6, 6.07) is 33.0. The average Bonchev–Trinajstić information content (AvgIpc) is 3.60. The van der Waals surface area contributed by atoms with E-state index in [9.17, 15) is 15.8 Å². The van der Waals surface area contributed by atoms with Crippen LogP contribution in [-0.4, -0.2) is 9.13 Å². The van der Waals surface area contributed by atoms with E-state index in [0.717, 1.165) is 43.6 Å². The summed E-state index contributed by atoms with van der Waals surface area (Å²) in [6.07, 6.45) is 0. The van der Waals surface area contributed by atoms with Crippen LogP contribution in [-0.2, 0) is 21.7 Å². The molecule has 276 valence electrons. The first-order valence-electron chi connectivity index (χ1n) is 19.0. The van der Waals surface area contributed by atoms with Gasteiger partial charge in [-0.1, -0.05) is 107 Å². The molecule has 7 aromatic rings. The summed E-state index contributed by atoms with van der Waals surface area (Å²) in [5.41, 5.74) is 15.8. The minimum atomic E-state index is -0.109. The number of nitrogen functional groups attached to an aromatic ring is 1. The van der Waals surface area contributed by atoms with Crippen molar-refractivity contribution in [1.82, 2.24) is 9.13 Å². The molecule has 0 atom stereocenters. The van der Waals surface area contributed by atoms with E-state index >= 15 is 0 Å². The normalized spacial score (nSPS) is 12.7. The van der Waals surface area contributed by atoms with Crippen molar-refractivity contribution in [3.8, 4) is 29.6 Å². The molecule has 2 N–H and O–H groups in total. The molecule has 0 unspecified atom stereocenters. The Kier molecular flexibility index (Phi) is 8.30. The van der Waals surface area contributed by atoms with Crippen molar-refractivity contribution in [2.24, 2.45) is 0 Å². The molecule has 0 spiro atoms. The van der Waals surface area contributed by atoms with Gasteiger partial charge in [0.25, 0.3) is 0 Å². The molecular formula is C49H50N6. The highest BCUT2D eigenvalue weighted by Gasteiger charge is 2.31. The first-order chi connectivity index (χ1) is 25.6. The minimum absolute atomic E-state index is 0.0502. The van der Waals surface area contributed by atoms with Gasteiger partial charge in [0, 0.05) is 21.5 Å². The highest BCUT2D eigenvalue weighted by molar-refractivity contribution is 6.12. The Morgan fingerprint density at radius 3 is 0.836 bits per heavy atom. The summed E-state index contributed by atoms with van der Waals surface area (Å²) in [4.78, 5) is 0. The fraction of sp³-hybridized carbons (Fsp3) is 0.327. The lowest BCUT2D eigenvalue weighted by Crippen LogP contribution is -2.13. The fourth-order valence-corrected chi connectivity index (χ4v) is 7.92. The maximum atomic E-state index is 11.4. The van der Waals surface area contributed by atoms with Crippen molar-refractivity contribution in [2.75, 3.05) is 5.73 Å². The van der Waals surface area contributed by atoms with Crippen molar-refractivity contribution in [1.29, 1.82) is 15.8 Å². The zero-order valence-electron chi connectivity index (χ0n) is 34.2. The van der Waals surface area contributed by atoms with Gasteiger partial charge < -0.3 is 14.9 Å². The zero-order chi connectivity index (χ0) is 40.2. The molecule has 0 aliphatic heterocycles. The monoisotopic (exact) mass is 722 g/mol. The van der Waals surface area contributed by atoms with E-state index in [1.54, 1.807) is 0 Å². The Morgan fingerprint density at radius 2 is 0.636 bits per heavy atom. The number of nitriles is 3. The standard InChI is InChI=1S/C49H50N6/c1-46(2,3)28-13-17-39-32(21-28)33-22-29(47(4,5)6)14-18-40(33)54(39)44-36(25-50)43(53)37(26-51)45(38(44)27-52)55-41-19-15-30(48(7,8)9)23-34(41)35-24-31(49(10,11)12)16-20-42(35)55/h13-24H,53H2,1-12H3. The van der Waals surface area contributed by atoms with Crippen molar-refractivity contribution in [3.63, 3.8) is 0 Å². The number of anilines is 1. The Balaban J connectivity index is 1.71. The molecule has 0 aliphatic carbocycles. The third-order valence-electron chi connectivity index (χ3n) is 11.3. The number of aromatic nitrogens is 2. The second-order valence-electron chi connectivity index (χ2n) is 19.2. The van der Waals surface area contributed by atoms with Gasteiger partial charge in [-0.3, -0.25) is 0 Å². The van der Waals surface area contributed by atoms with E-state index in [4.69, 9.17) is 5.73 Å². The predicted octanol–water partition coefficient (Wildman–Crippen LogP) is 12.3. The molecule has 7 rings (SSSR count). The number of rotatable bonds is 2. The van der Waals surface area contributed by atoms with Crippen LogP contribution in [0, 0.1) is 34.0 Å². The maximum absolute atomic E-state index is 11.4. The molecule has 2 aromatic heterocycles. The maximum Gasteiger partial charge on any atom is 0.104 e. The van der Waals surface area contributed by atoms with Crippen LogP contribution in [0.1, 0.15) is 122 Å². The van der Waals surface area contributed by atoms with Crippen LogP contribution in [0.15, 0.2) is 72.8 Å². The van der Waals surface area contributed by atoms with E-state index in [0.29, 0.717) is 11.4 Å². The molecule has 0 saturated heterocycles. The topological polar surface area (TPSA) is 107 Å². The summed E-state index contributed by atoms with van der Waals surface area (Å²) in [6.45, 7) is 26.4. The Bertz CT molecular complexity index is 2550.